The Hall–Kier alpha value is -1.66. The van der Waals surface area contributed by atoms with Crippen LogP contribution in [-0.2, 0) is 0 Å². The first kappa shape index (κ1) is 16.4. The SMILES string of the molecule is Cl.NCC1CCCCN1C(=O)c1ccc([N+](=O)[O-])cc1. The van der Waals surface area contributed by atoms with Crippen LogP contribution in [0.3, 0.4) is 0 Å². The Morgan fingerprint density at radius 3 is 2.55 bits per heavy atom. The second-order valence-corrected chi connectivity index (χ2v) is 4.69. The molecule has 2 rings (SSSR count). The average molecular weight is 300 g/mol. The summed E-state index contributed by atoms with van der Waals surface area (Å²) in [6, 6.07) is 5.80. The number of nitro groups is 1. The van der Waals surface area contributed by atoms with Gasteiger partial charge in [0.25, 0.3) is 11.6 Å². The summed E-state index contributed by atoms with van der Waals surface area (Å²) in [5.74, 6) is -0.0925. The van der Waals surface area contributed by atoms with Gasteiger partial charge in [-0.3, -0.25) is 14.9 Å². The van der Waals surface area contributed by atoms with Gasteiger partial charge in [-0.2, -0.15) is 0 Å². The molecule has 0 radical (unpaired) electrons. The topological polar surface area (TPSA) is 89.5 Å². The van der Waals surface area contributed by atoms with Crippen molar-refractivity contribution in [1.82, 2.24) is 4.90 Å². The van der Waals surface area contributed by atoms with Crippen LogP contribution < -0.4 is 5.73 Å². The van der Waals surface area contributed by atoms with Crippen molar-refractivity contribution >= 4 is 24.0 Å². The second-order valence-electron chi connectivity index (χ2n) is 4.69. The number of nitro benzene ring substituents is 1. The lowest BCUT2D eigenvalue weighted by Crippen LogP contribution is -2.47. The molecule has 6 nitrogen and oxygen atoms in total. The van der Waals surface area contributed by atoms with Gasteiger partial charge in [0, 0.05) is 36.8 Å². The maximum absolute atomic E-state index is 12.4. The molecule has 1 fully saturated rings. The number of hydrogen-bond donors (Lipinski definition) is 1. The molecule has 7 heteroatoms. The molecular weight excluding hydrogens is 282 g/mol. The summed E-state index contributed by atoms with van der Waals surface area (Å²) in [7, 11) is 0. The highest BCUT2D eigenvalue weighted by Crippen LogP contribution is 2.20. The molecule has 1 unspecified atom stereocenters. The van der Waals surface area contributed by atoms with Gasteiger partial charge in [0.15, 0.2) is 0 Å². The Kier molecular flexibility index (Phi) is 5.91. The molecule has 0 bridgehead atoms. The van der Waals surface area contributed by atoms with Crippen molar-refractivity contribution in [2.24, 2.45) is 5.73 Å². The number of nitrogens with zero attached hydrogens (tertiary/aromatic N) is 2. The molecule has 1 heterocycles. The summed E-state index contributed by atoms with van der Waals surface area (Å²) < 4.78 is 0. The maximum atomic E-state index is 12.4. The molecule has 1 atom stereocenters. The summed E-state index contributed by atoms with van der Waals surface area (Å²) in [6.45, 7) is 1.16. The molecule has 1 saturated heterocycles. The normalized spacial score (nSPS) is 18.2. The van der Waals surface area contributed by atoms with Gasteiger partial charge in [-0.1, -0.05) is 0 Å². The fourth-order valence-electron chi connectivity index (χ4n) is 2.40. The largest absolute Gasteiger partial charge is 0.334 e. The molecule has 0 aromatic heterocycles. The Bertz CT molecular complexity index is 478. The van der Waals surface area contributed by atoms with Crippen molar-refractivity contribution in [3.8, 4) is 0 Å². The van der Waals surface area contributed by atoms with Crippen LogP contribution in [0.2, 0.25) is 0 Å². The average Bonchev–Trinajstić information content (AvgIpc) is 2.46. The lowest BCUT2D eigenvalue weighted by molar-refractivity contribution is -0.384. The predicted octanol–water partition coefficient (Wildman–Crippen LogP) is 1.97. The number of halogens is 1. The minimum Gasteiger partial charge on any atom is -0.334 e. The van der Waals surface area contributed by atoms with E-state index in [9.17, 15) is 14.9 Å². The van der Waals surface area contributed by atoms with Crippen LogP contribution in [-0.4, -0.2) is 34.9 Å². The standard InChI is InChI=1S/C13H17N3O3.ClH/c14-9-12-3-1-2-8-15(12)13(17)10-4-6-11(7-5-10)16(18)19;/h4-7,12H,1-3,8-9,14H2;1H. The number of rotatable bonds is 3. The quantitative estimate of drug-likeness (QED) is 0.682. The van der Waals surface area contributed by atoms with Crippen LogP contribution in [0, 0.1) is 10.1 Å². The molecular formula is C13H18ClN3O3. The Morgan fingerprint density at radius 1 is 1.35 bits per heavy atom. The molecule has 2 N–H and O–H groups in total. The van der Waals surface area contributed by atoms with Crippen molar-refractivity contribution in [2.45, 2.75) is 25.3 Å². The van der Waals surface area contributed by atoms with Gasteiger partial charge in [0.05, 0.1) is 4.92 Å². The number of non-ortho nitro benzene ring substituents is 1. The Morgan fingerprint density at radius 2 is 2.00 bits per heavy atom. The van der Waals surface area contributed by atoms with Gasteiger partial charge in [-0.15, -0.1) is 12.4 Å². The van der Waals surface area contributed by atoms with Crippen LogP contribution in [0.25, 0.3) is 0 Å². The van der Waals surface area contributed by atoms with Gasteiger partial charge in [-0.05, 0) is 31.4 Å². The zero-order chi connectivity index (χ0) is 13.8. The monoisotopic (exact) mass is 299 g/mol. The van der Waals surface area contributed by atoms with E-state index >= 15 is 0 Å². The molecule has 1 aliphatic heterocycles. The summed E-state index contributed by atoms with van der Waals surface area (Å²) in [5.41, 5.74) is 6.16. The van der Waals surface area contributed by atoms with Crippen molar-refractivity contribution in [1.29, 1.82) is 0 Å². The van der Waals surface area contributed by atoms with Crippen molar-refractivity contribution in [3.63, 3.8) is 0 Å². The van der Waals surface area contributed by atoms with Crippen LogP contribution in [0.15, 0.2) is 24.3 Å². The minimum atomic E-state index is -0.474. The highest BCUT2D eigenvalue weighted by atomic mass is 35.5. The van der Waals surface area contributed by atoms with Crippen molar-refractivity contribution < 1.29 is 9.72 Å². The van der Waals surface area contributed by atoms with E-state index in [4.69, 9.17) is 5.73 Å². The van der Waals surface area contributed by atoms with E-state index in [1.54, 1.807) is 4.90 Å². The first-order chi connectivity index (χ1) is 9.13. The molecule has 1 aromatic carbocycles. The van der Waals surface area contributed by atoms with Crippen molar-refractivity contribution in [3.05, 3.63) is 39.9 Å². The third kappa shape index (κ3) is 3.46. The van der Waals surface area contributed by atoms with Gasteiger partial charge in [-0.25, -0.2) is 0 Å². The Labute approximate surface area is 123 Å². The van der Waals surface area contributed by atoms with Gasteiger partial charge >= 0.3 is 0 Å². The number of piperidine rings is 1. The summed E-state index contributed by atoms with van der Waals surface area (Å²) >= 11 is 0. The van der Waals surface area contributed by atoms with E-state index in [0.717, 1.165) is 19.3 Å². The third-order valence-electron chi connectivity index (χ3n) is 3.49. The fourth-order valence-corrected chi connectivity index (χ4v) is 2.40. The lowest BCUT2D eigenvalue weighted by Gasteiger charge is -2.35. The number of benzene rings is 1. The molecule has 0 saturated carbocycles. The smallest absolute Gasteiger partial charge is 0.269 e. The van der Waals surface area contributed by atoms with Gasteiger partial charge in [0.1, 0.15) is 0 Å². The first-order valence-electron chi connectivity index (χ1n) is 6.39. The predicted molar refractivity (Wildman–Crippen MR) is 78.1 cm³/mol. The Balaban J connectivity index is 0.00000200. The van der Waals surface area contributed by atoms with E-state index < -0.39 is 4.92 Å². The van der Waals surface area contributed by atoms with E-state index in [-0.39, 0.29) is 30.0 Å². The van der Waals surface area contributed by atoms with Crippen LogP contribution in [0.5, 0.6) is 0 Å². The number of nitrogens with two attached hydrogens (primary N) is 1. The van der Waals surface area contributed by atoms with Gasteiger partial charge < -0.3 is 10.6 Å². The molecule has 1 amide bonds. The third-order valence-corrected chi connectivity index (χ3v) is 3.49. The number of carbonyl (C=O) groups is 1. The molecule has 0 aliphatic carbocycles. The van der Waals surface area contributed by atoms with E-state index in [1.165, 1.54) is 24.3 Å². The van der Waals surface area contributed by atoms with E-state index in [0.29, 0.717) is 18.7 Å². The van der Waals surface area contributed by atoms with Crippen LogP contribution >= 0.6 is 12.4 Å². The lowest BCUT2D eigenvalue weighted by atomic mass is 10.0. The molecule has 20 heavy (non-hydrogen) atoms. The highest BCUT2D eigenvalue weighted by Gasteiger charge is 2.26. The first-order valence-corrected chi connectivity index (χ1v) is 6.39. The fraction of sp³-hybridized carbons (Fsp3) is 0.462. The number of carbonyl (C=O) groups excluding carboxylic acids is 1. The van der Waals surface area contributed by atoms with Crippen molar-refractivity contribution in [2.75, 3.05) is 13.1 Å². The van der Waals surface area contributed by atoms with Crippen LogP contribution in [0.4, 0.5) is 5.69 Å². The van der Waals surface area contributed by atoms with E-state index in [2.05, 4.69) is 0 Å². The van der Waals surface area contributed by atoms with E-state index in [1.807, 2.05) is 0 Å². The zero-order valence-corrected chi connectivity index (χ0v) is 11.8. The summed E-state index contributed by atoms with van der Waals surface area (Å²) in [5, 5.41) is 10.6. The number of likely N-dealkylation sites (tertiary alicyclic amines) is 1. The molecule has 110 valence electrons. The van der Waals surface area contributed by atoms with Gasteiger partial charge in [0.2, 0.25) is 0 Å². The maximum Gasteiger partial charge on any atom is 0.269 e. The number of hydrogen-bond acceptors (Lipinski definition) is 4. The number of amides is 1. The van der Waals surface area contributed by atoms with Crippen LogP contribution in [0.1, 0.15) is 29.6 Å². The minimum absolute atomic E-state index is 0. The summed E-state index contributed by atoms with van der Waals surface area (Å²) in [4.78, 5) is 24.2. The molecule has 1 aliphatic rings. The highest BCUT2D eigenvalue weighted by molar-refractivity contribution is 5.94. The second kappa shape index (κ2) is 7.21. The molecule has 0 spiro atoms. The summed E-state index contributed by atoms with van der Waals surface area (Å²) in [6.07, 6.45) is 3.00. The zero-order valence-electron chi connectivity index (χ0n) is 11.0. The molecule has 1 aromatic rings.